The van der Waals surface area contributed by atoms with E-state index in [1.54, 1.807) is 12.1 Å². The molecular weight excluding hydrogens is 270 g/mol. The minimum atomic E-state index is -0.145. The van der Waals surface area contributed by atoms with Crippen LogP contribution in [0.1, 0.15) is 30.1 Å². The second kappa shape index (κ2) is 5.81. The Kier molecular flexibility index (Phi) is 3.88. The average Bonchev–Trinajstić information content (AvgIpc) is 2.93. The lowest BCUT2D eigenvalue weighted by atomic mass is 10.0. The molecule has 6 nitrogen and oxygen atoms in total. The van der Waals surface area contributed by atoms with E-state index in [9.17, 15) is 4.79 Å². The molecule has 1 aromatic rings. The standard InChI is InChI=1S/C15H21N3O3/c1-2-18-5-3-4-10(8-18)17-15(19)11-6-13-14(7-12(11)16)21-9-20-13/h6-7,10H,2-5,8-9,16H2,1H3,(H,17,19). The van der Waals surface area contributed by atoms with Crippen LogP contribution in [0.2, 0.25) is 0 Å². The molecule has 1 amide bonds. The molecule has 1 atom stereocenters. The Morgan fingerprint density at radius 1 is 1.43 bits per heavy atom. The summed E-state index contributed by atoms with van der Waals surface area (Å²) in [6.07, 6.45) is 2.11. The molecule has 0 spiro atoms. The van der Waals surface area contributed by atoms with E-state index in [4.69, 9.17) is 15.2 Å². The van der Waals surface area contributed by atoms with Gasteiger partial charge in [0, 0.05) is 24.3 Å². The number of fused-ring (bicyclic) bond motifs is 1. The van der Waals surface area contributed by atoms with E-state index in [2.05, 4.69) is 17.1 Å². The fraction of sp³-hybridized carbons (Fsp3) is 0.533. The molecule has 2 heterocycles. The lowest BCUT2D eigenvalue weighted by molar-refractivity contribution is 0.0906. The summed E-state index contributed by atoms with van der Waals surface area (Å²) in [5.74, 6) is 1.03. The Labute approximate surface area is 124 Å². The van der Waals surface area contributed by atoms with Crippen molar-refractivity contribution in [3.63, 3.8) is 0 Å². The Bertz CT molecular complexity index is 547. The van der Waals surface area contributed by atoms with Gasteiger partial charge in [-0.25, -0.2) is 0 Å². The molecule has 114 valence electrons. The maximum atomic E-state index is 12.4. The predicted molar refractivity (Wildman–Crippen MR) is 79.6 cm³/mol. The molecule has 2 aliphatic rings. The zero-order valence-electron chi connectivity index (χ0n) is 12.2. The molecule has 0 aliphatic carbocycles. The number of rotatable bonds is 3. The number of nitrogen functional groups attached to an aromatic ring is 1. The van der Waals surface area contributed by atoms with Gasteiger partial charge in [-0.15, -0.1) is 0 Å². The van der Waals surface area contributed by atoms with Crippen LogP contribution in [0.4, 0.5) is 5.69 Å². The van der Waals surface area contributed by atoms with Gasteiger partial charge in [0.1, 0.15) is 0 Å². The number of carbonyl (C=O) groups is 1. The summed E-state index contributed by atoms with van der Waals surface area (Å²) in [6, 6.07) is 3.49. The summed E-state index contributed by atoms with van der Waals surface area (Å²) in [7, 11) is 0. The molecule has 21 heavy (non-hydrogen) atoms. The Morgan fingerprint density at radius 3 is 2.95 bits per heavy atom. The number of hydrogen-bond acceptors (Lipinski definition) is 5. The van der Waals surface area contributed by atoms with E-state index in [1.165, 1.54) is 0 Å². The van der Waals surface area contributed by atoms with Gasteiger partial charge in [-0.3, -0.25) is 4.79 Å². The quantitative estimate of drug-likeness (QED) is 0.819. The van der Waals surface area contributed by atoms with Crippen LogP contribution in [0.15, 0.2) is 12.1 Å². The van der Waals surface area contributed by atoms with Gasteiger partial charge in [-0.05, 0) is 32.0 Å². The van der Waals surface area contributed by atoms with Crippen LogP contribution < -0.4 is 20.5 Å². The number of likely N-dealkylation sites (N-methyl/N-ethyl adjacent to an activating group) is 1. The van der Waals surface area contributed by atoms with Crippen LogP contribution in [-0.2, 0) is 0 Å². The van der Waals surface area contributed by atoms with Gasteiger partial charge >= 0.3 is 0 Å². The average molecular weight is 291 g/mol. The van der Waals surface area contributed by atoms with Gasteiger partial charge in [-0.2, -0.15) is 0 Å². The summed E-state index contributed by atoms with van der Waals surface area (Å²) < 4.78 is 10.6. The van der Waals surface area contributed by atoms with Crippen LogP contribution in [-0.4, -0.2) is 43.3 Å². The normalized spacial score (nSPS) is 21.3. The van der Waals surface area contributed by atoms with E-state index in [-0.39, 0.29) is 18.7 Å². The molecule has 1 unspecified atom stereocenters. The number of hydrogen-bond donors (Lipinski definition) is 2. The number of likely N-dealkylation sites (tertiary alicyclic amines) is 1. The molecule has 1 fully saturated rings. The van der Waals surface area contributed by atoms with Gasteiger partial charge in [0.25, 0.3) is 5.91 Å². The number of carbonyl (C=O) groups excluding carboxylic acids is 1. The molecule has 6 heteroatoms. The van der Waals surface area contributed by atoms with Crippen molar-refractivity contribution in [3.8, 4) is 11.5 Å². The topological polar surface area (TPSA) is 76.8 Å². The number of ether oxygens (including phenoxy) is 2. The summed E-state index contributed by atoms with van der Waals surface area (Å²) in [5.41, 5.74) is 6.81. The second-order valence-electron chi connectivity index (χ2n) is 5.50. The van der Waals surface area contributed by atoms with E-state index >= 15 is 0 Å². The first-order valence-corrected chi connectivity index (χ1v) is 7.39. The first kappa shape index (κ1) is 14.0. The van der Waals surface area contributed by atoms with Crippen molar-refractivity contribution >= 4 is 11.6 Å². The van der Waals surface area contributed by atoms with Crippen molar-refractivity contribution in [2.45, 2.75) is 25.8 Å². The number of benzene rings is 1. The first-order chi connectivity index (χ1) is 10.2. The van der Waals surface area contributed by atoms with Gasteiger partial charge in [0.05, 0.1) is 5.56 Å². The summed E-state index contributed by atoms with van der Waals surface area (Å²) in [6.45, 7) is 5.33. The molecule has 3 N–H and O–H groups in total. The van der Waals surface area contributed by atoms with Crippen LogP contribution in [0, 0.1) is 0 Å². The summed E-state index contributed by atoms with van der Waals surface area (Å²) in [5, 5.41) is 3.07. The third kappa shape index (κ3) is 2.90. The SMILES string of the molecule is CCN1CCCC(NC(=O)c2cc3c(cc2N)OCO3)C1. The number of nitrogens with two attached hydrogens (primary N) is 1. The minimum Gasteiger partial charge on any atom is -0.454 e. The van der Waals surface area contributed by atoms with E-state index in [0.717, 1.165) is 32.5 Å². The lowest BCUT2D eigenvalue weighted by Gasteiger charge is -2.32. The van der Waals surface area contributed by atoms with E-state index in [1.807, 2.05) is 0 Å². The van der Waals surface area contributed by atoms with Gasteiger partial charge in [-0.1, -0.05) is 6.92 Å². The third-order valence-corrected chi connectivity index (χ3v) is 4.08. The first-order valence-electron chi connectivity index (χ1n) is 7.39. The highest BCUT2D eigenvalue weighted by molar-refractivity contribution is 6.00. The molecule has 0 radical (unpaired) electrons. The van der Waals surface area contributed by atoms with Crippen LogP contribution >= 0.6 is 0 Å². The van der Waals surface area contributed by atoms with Crippen LogP contribution in [0.25, 0.3) is 0 Å². The monoisotopic (exact) mass is 291 g/mol. The van der Waals surface area contributed by atoms with Gasteiger partial charge in [0.15, 0.2) is 11.5 Å². The zero-order chi connectivity index (χ0) is 14.8. The summed E-state index contributed by atoms with van der Waals surface area (Å²) >= 11 is 0. The fourth-order valence-electron chi connectivity index (χ4n) is 2.88. The lowest BCUT2D eigenvalue weighted by Crippen LogP contribution is -2.47. The minimum absolute atomic E-state index is 0.145. The Morgan fingerprint density at radius 2 is 2.19 bits per heavy atom. The van der Waals surface area contributed by atoms with Crippen molar-refractivity contribution in [1.29, 1.82) is 0 Å². The smallest absolute Gasteiger partial charge is 0.253 e. The van der Waals surface area contributed by atoms with Crippen molar-refractivity contribution < 1.29 is 14.3 Å². The molecule has 1 saturated heterocycles. The highest BCUT2D eigenvalue weighted by Crippen LogP contribution is 2.35. The molecule has 0 aromatic heterocycles. The summed E-state index contributed by atoms with van der Waals surface area (Å²) in [4.78, 5) is 14.8. The molecular formula is C15H21N3O3. The van der Waals surface area contributed by atoms with Gasteiger partial charge < -0.3 is 25.4 Å². The maximum Gasteiger partial charge on any atom is 0.253 e. The third-order valence-electron chi connectivity index (χ3n) is 4.08. The Hall–Kier alpha value is -1.95. The largest absolute Gasteiger partial charge is 0.454 e. The van der Waals surface area contributed by atoms with Crippen LogP contribution in [0.3, 0.4) is 0 Å². The predicted octanol–water partition coefficient (Wildman–Crippen LogP) is 1.21. The molecule has 1 aromatic carbocycles. The second-order valence-corrected chi connectivity index (χ2v) is 5.50. The van der Waals surface area contributed by atoms with Crippen molar-refractivity contribution in [1.82, 2.24) is 10.2 Å². The van der Waals surface area contributed by atoms with Gasteiger partial charge in [0.2, 0.25) is 6.79 Å². The molecule has 0 saturated carbocycles. The number of nitrogens with zero attached hydrogens (tertiary/aromatic N) is 1. The van der Waals surface area contributed by atoms with E-state index < -0.39 is 0 Å². The van der Waals surface area contributed by atoms with Crippen molar-refractivity contribution in [2.75, 3.05) is 32.2 Å². The molecule has 2 aliphatic heterocycles. The maximum absolute atomic E-state index is 12.4. The van der Waals surface area contributed by atoms with Crippen molar-refractivity contribution in [3.05, 3.63) is 17.7 Å². The zero-order valence-corrected chi connectivity index (χ0v) is 12.2. The van der Waals surface area contributed by atoms with Crippen molar-refractivity contribution in [2.24, 2.45) is 0 Å². The number of amides is 1. The number of anilines is 1. The number of nitrogens with one attached hydrogen (secondary N) is 1. The molecule has 0 bridgehead atoms. The Balaban J connectivity index is 1.71. The highest BCUT2D eigenvalue weighted by atomic mass is 16.7. The van der Waals surface area contributed by atoms with Crippen LogP contribution in [0.5, 0.6) is 11.5 Å². The highest BCUT2D eigenvalue weighted by Gasteiger charge is 2.24. The fourth-order valence-corrected chi connectivity index (χ4v) is 2.88. The number of piperidine rings is 1. The molecule has 3 rings (SSSR count). The van der Waals surface area contributed by atoms with E-state index in [0.29, 0.717) is 22.7 Å².